The summed E-state index contributed by atoms with van der Waals surface area (Å²) in [7, 11) is 0. The van der Waals surface area contributed by atoms with Gasteiger partial charge in [-0.2, -0.15) is 0 Å². The third kappa shape index (κ3) is 5.24. The molecule has 5 nitrogen and oxygen atoms in total. The molecule has 0 aromatic heterocycles. The van der Waals surface area contributed by atoms with Crippen LogP contribution in [-0.2, 0) is 4.79 Å². The standard InChI is InChI=1S/C22H42N4O/c1-18(2)21(27)25-12-8-19(9-13-25)23-10-6-20(7-11-23)24-14-16-26(17-15-24)22(3,4)5/h18-20H,6-17H2,1-5H3. The number of likely N-dealkylation sites (tertiary alicyclic amines) is 2. The van der Waals surface area contributed by atoms with Crippen LogP contribution in [0.1, 0.15) is 60.3 Å². The van der Waals surface area contributed by atoms with Gasteiger partial charge in [-0.15, -0.1) is 0 Å². The molecule has 0 spiro atoms. The van der Waals surface area contributed by atoms with Crippen molar-refractivity contribution in [2.75, 3.05) is 52.4 Å². The number of carbonyl (C=O) groups is 1. The first-order valence-electron chi connectivity index (χ1n) is 11.3. The molecule has 156 valence electrons. The van der Waals surface area contributed by atoms with Crippen molar-refractivity contribution in [3.63, 3.8) is 0 Å². The molecule has 0 aliphatic carbocycles. The summed E-state index contributed by atoms with van der Waals surface area (Å²) in [6.07, 6.45) is 4.96. The average Bonchev–Trinajstić information content (AvgIpc) is 2.67. The van der Waals surface area contributed by atoms with Gasteiger partial charge in [0, 0.05) is 62.8 Å². The summed E-state index contributed by atoms with van der Waals surface area (Å²) >= 11 is 0. The number of rotatable bonds is 3. The molecule has 0 aromatic rings. The lowest BCUT2D eigenvalue weighted by atomic mass is 9.96. The summed E-state index contributed by atoms with van der Waals surface area (Å²) < 4.78 is 0. The predicted octanol–water partition coefficient (Wildman–Crippen LogP) is 2.51. The molecule has 0 bridgehead atoms. The van der Waals surface area contributed by atoms with Crippen LogP contribution in [-0.4, -0.2) is 95.5 Å². The van der Waals surface area contributed by atoms with Gasteiger partial charge in [-0.25, -0.2) is 0 Å². The maximum atomic E-state index is 12.2. The monoisotopic (exact) mass is 378 g/mol. The highest BCUT2D eigenvalue weighted by Crippen LogP contribution is 2.25. The van der Waals surface area contributed by atoms with E-state index in [0.717, 1.165) is 32.0 Å². The molecule has 3 fully saturated rings. The van der Waals surface area contributed by atoms with Crippen LogP contribution in [0.4, 0.5) is 0 Å². The summed E-state index contributed by atoms with van der Waals surface area (Å²) in [5.74, 6) is 0.470. The molecule has 0 atom stereocenters. The molecule has 5 heteroatoms. The van der Waals surface area contributed by atoms with Gasteiger partial charge in [0.2, 0.25) is 5.91 Å². The van der Waals surface area contributed by atoms with E-state index in [9.17, 15) is 4.79 Å². The fourth-order valence-electron chi connectivity index (χ4n) is 5.19. The summed E-state index contributed by atoms with van der Waals surface area (Å²) in [6, 6.07) is 1.48. The topological polar surface area (TPSA) is 30.0 Å². The van der Waals surface area contributed by atoms with Crippen LogP contribution >= 0.6 is 0 Å². The number of carbonyl (C=O) groups excluding carboxylic acids is 1. The van der Waals surface area contributed by atoms with Crippen LogP contribution in [0.3, 0.4) is 0 Å². The molecule has 0 unspecified atom stereocenters. The van der Waals surface area contributed by atoms with Crippen LogP contribution in [0.2, 0.25) is 0 Å². The van der Waals surface area contributed by atoms with Crippen LogP contribution in [0.25, 0.3) is 0 Å². The first-order chi connectivity index (χ1) is 12.8. The van der Waals surface area contributed by atoms with E-state index in [0.29, 0.717) is 17.5 Å². The Morgan fingerprint density at radius 3 is 1.63 bits per heavy atom. The Balaban J connectivity index is 1.39. The Labute approximate surface area is 167 Å². The normalized spacial score (nSPS) is 26.1. The van der Waals surface area contributed by atoms with E-state index in [1.807, 2.05) is 13.8 Å². The maximum absolute atomic E-state index is 12.2. The van der Waals surface area contributed by atoms with Gasteiger partial charge >= 0.3 is 0 Å². The first kappa shape index (κ1) is 21.1. The minimum absolute atomic E-state index is 0.135. The number of hydrogen-bond acceptors (Lipinski definition) is 4. The van der Waals surface area contributed by atoms with Gasteiger partial charge in [0.15, 0.2) is 0 Å². The SMILES string of the molecule is CC(C)C(=O)N1CCC(N2CCC(N3CCN(C(C)(C)C)CC3)CC2)CC1. The minimum Gasteiger partial charge on any atom is -0.342 e. The highest BCUT2D eigenvalue weighted by molar-refractivity contribution is 5.78. The zero-order valence-electron chi connectivity index (χ0n) is 18.4. The lowest BCUT2D eigenvalue weighted by molar-refractivity contribution is -0.136. The third-order valence-electron chi connectivity index (χ3n) is 7.06. The van der Waals surface area contributed by atoms with Crippen LogP contribution in [0, 0.1) is 5.92 Å². The largest absolute Gasteiger partial charge is 0.342 e. The molecule has 27 heavy (non-hydrogen) atoms. The number of nitrogens with zero attached hydrogens (tertiary/aromatic N) is 4. The van der Waals surface area contributed by atoms with Crippen molar-refractivity contribution < 1.29 is 4.79 Å². The average molecular weight is 379 g/mol. The van der Waals surface area contributed by atoms with Crippen molar-refractivity contribution in [1.82, 2.24) is 19.6 Å². The summed E-state index contributed by atoms with van der Waals surface area (Å²) in [6.45, 7) is 20.3. The van der Waals surface area contributed by atoms with Gasteiger partial charge in [0.05, 0.1) is 0 Å². The number of piperidine rings is 2. The molecule has 3 saturated heterocycles. The van der Waals surface area contributed by atoms with Gasteiger partial charge in [0.1, 0.15) is 0 Å². The number of hydrogen-bond donors (Lipinski definition) is 0. The van der Waals surface area contributed by atoms with Crippen molar-refractivity contribution in [2.24, 2.45) is 5.92 Å². The van der Waals surface area contributed by atoms with Gasteiger partial charge in [-0.1, -0.05) is 13.8 Å². The van der Waals surface area contributed by atoms with Crippen LogP contribution < -0.4 is 0 Å². The second-order valence-electron chi connectivity index (χ2n) is 10.2. The highest BCUT2D eigenvalue weighted by atomic mass is 16.2. The van der Waals surface area contributed by atoms with Gasteiger partial charge in [-0.3, -0.25) is 14.6 Å². The maximum Gasteiger partial charge on any atom is 0.225 e. The minimum atomic E-state index is 0.135. The Morgan fingerprint density at radius 1 is 0.741 bits per heavy atom. The fraction of sp³-hybridized carbons (Fsp3) is 0.955. The molecule has 1 amide bonds. The van der Waals surface area contributed by atoms with E-state index >= 15 is 0 Å². The van der Waals surface area contributed by atoms with E-state index in [4.69, 9.17) is 0 Å². The van der Waals surface area contributed by atoms with Crippen LogP contribution in [0.15, 0.2) is 0 Å². The van der Waals surface area contributed by atoms with E-state index < -0.39 is 0 Å². The zero-order chi connectivity index (χ0) is 19.6. The van der Waals surface area contributed by atoms with Crippen molar-refractivity contribution in [3.8, 4) is 0 Å². The second kappa shape index (κ2) is 8.79. The first-order valence-corrected chi connectivity index (χ1v) is 11.3. The van der Waals surface area contributed by atoms with E-state index in [1.54, 1.807) is 0 Å². The lowest BCUT2D eigenvalue weighted by Gasteiger charge is -2.48. The van der Waals surface area contributed by atoms with Gasteiger partial charge in [0.25, 0.3) is 0 Å². The zero-order valence-corrected chi connectivity index (χ0v) is 18.4. The molecule has 3 heterocycles. The Morgan fingerprint density at radius 2 is 1.19 bits per heavy atom. The van der Waals surface area contributed by atoms with Crippen LogP contribution in [0.5, 0.6) is 0 Å². The number of amides is 1. The highest BCUT2D eigenvalue weighted by Gasteiger charge is 2.33. The molecule has 0 radical (unpaired) electrons. The molecule has 3 aliphatic rings. The smallest absolute Gasteiger partial charge is 0.225 e. The Kier molecular flexibility index (Phi) is 6.86. The summed E-state index contributed by atoms with van der Waals surface area (Å²) in [4.78, 5) is 22.4. The van der Waals surface area contributed by atoms with Gasteiger partial charge < -0.3 is 9.80 Å². The van der Waals surface area contributed by atoms with E-state index in [1.165, 1.54) is 52.1 Å². The van der Waals surface area contributed by atoms with E-state index in [-0.39, 0.29) is 5.92 Å². The number of piperazine rings is 1. The summed E-state index contributed by atoms with van der Waals surface area (Å²) in [5.41, 5.74) is 0.307. The molecular weight excluding hydrogens is 336 g/mol. The Bertz CT molecular complexity index is 477. The van der Waals surface area contributed by atoms with Crippen molar-refractivity contribution >= 4 is 5.91 Å². The molecule has 0 saturated carbocycles. The molecule has 0 aromatic carbocycles. The molecular formula is C22H42N4O. The molecule has 0 N–H and O–H groups in total. The van der Waals surface area contributed by atoms with Gasteiger partial charge in [-0.05, 0) is 59.5 Å². The molecule has 3 rings (SSSR count). The third-order valence-corrected chi connectivity index (χ3v) is 7.06. The second-order valence-corrected chi connectivity index (χ2v) is 10.2. The Hall–Kier alpha value is -0.650. The summed E-state index contributed by atoms with van der Waals surface area (Å²) in [5, 5.41) is 0. The molecule has 3 aliphatic heterocycles. The van der Waals surface area contributed by atoms with Crippen molar-refractivity contribution in [2.45, 2.75) is 77.9 Å². The lowest BCUT2D eigenvalue weighted by Crippen LogP contribution is -2.58. The van der Waals surface area contributed by atoms with Crippen molar-refractivity contribution in [1.29, 1.82) is 0 Å². The quantitative estimate of drug-likeness (QED) is 0.755. The van der Waals surface area contributed by atoms with Crippen molar-refractivity contribution in [3.05, 3.63) is 0 Å². The van der Waals surface area contributed by atoms with E-state index in [2.05, 4.69) is 40.4 Å². The fourth-order valence-corrected chi connectivity index (χ4v) is 5.19. The predicted molar refractivity (Wildman–Crippen MR) is 112 cm³/mol.